The molecule has 0 heterocycles. The summed E-state index contributed by atoms with van der Waals surface area (Å²) in [6, 6.07) is 0. The van der Waals surface area contributed by atoms with Gasteiger partial charge in [-0.15, -0.1) is 0 Å². The molecule has 0 bridgehead atoms. The van der Waals surface area contributed by atoms with Crippen molar-refractivity contribution in [1.29, 1.82) is 0 Å². The van der Waals surface area contributed by atoms with Gasteiger partial charge in [-0.2, -0.15) is 0 Å². The molecule has 81 heavy (non-hydrogen) atoms. The fraction of sp³-hybridized carbons (Fsp3) is 0.720. The van der Waals surface area contributed by atoms with E-state index in [1.807, 2.05) is 0 Å². The minimum Gasteiger partial charge on any atom is -0.462 e. The second-order valence-electron chi connectivity index (χ2n) is 22.7. The molecule has 0 aliphatic heterocycles. The highest BCUT2D eigenvalue weighted by Gasteiger charge is 2.19. The molecule has 464 valence electrons. The zero-order valence-corrected chi connectivity index (χ0v) is 53.3. The molecular formula is C75H128O6. The summed E-state index contributed by atoms with van der Waals surface area (Å²) in [5.74, 6) is -0.887. The van der Waals surface area contributed by atoms with Crippen molar-refractivity contribution in [2.24, 2.45) is 0 Å². The van der Waals surface area contributed by atoms with Gasteiger partial charge in [-0.25, -0.2) is 0 Å². The van der Waals surface area contributed by atoms with E-state index >= 15 is 0 Å². The standard InChI is InChI=1S/C75H128O6/c1-4-7-10-13-16-19-22-25-27-29-31-33-34-35-36-37-38-39-40-42-43-45-47-50-53-56-59-62-65-68-74(77)80-71-72(70-79-73(76)67-64-61-58-55-52-49-24-21-18-15-12-9-6-3)81-75(78)69-66-63-60-57-54-51-48-46-44-41-32-30-28-26-23-20-17-14-11-8-5-2/h7,10,16,19,23,25-27,30-33,35-36,38-39,44,46,72H,4-6,8-9,11-15,17-18,20-22,24,28-29,34,37,40-43,45,47-71H2,1-3H3/b10-7-,19-16-,26-23-,27-25-,32-30-,33-31-,36-35-,39-38-,46-44-. The van der Waals surface area contributed by atoms with Crippen molar-refractivity contribution in [2.45, 2.75) is 335 Å². The number of hydrogen-bond acceptors (Lipinski definition) is 6. The van der Waals surface area contributed by atoms with Gasteiger partial charge in [0, 0.05) is 19.3 Å². The molecule has 1 atom stereocenters. The number of carbonyl (C=O) groups excluding carboxylic acids is 3. The van der Waals surface area contributed by atoms with Gasteiger partial charge in [0.05, 0.1) is 0 Å². The van der Waals surface area contributed by atoms with Crippen molar-refractivity contribution >= 4 is 17.9 Å². The summed E-state index contributed by atoms with van der Waals surface area (Å²) >= 11 is 0. The number of unbranched alkanes of at least 4 members (excludes halogenated alkanes) is 33. The quantitative estimate of drug-likeness (QED) is 0.0261. The van der Waals surface area contributed by atoms with E-state index in [2.05, 4.69) is 130 Å². The molecule has 0 rings (SSSR count). The maximum Gasteiger partial charge on any atom is 0.306 e. The summed E-state index contributed by atoms with van der Waals surface area (Å²) in [6.45, 7) is 6.53. The van der Waals surface area contributed by atoms with Crippen LogP contribution in [0.3, 0.4) is 0 Å². The van der Waals surface area contributed by atoms with Crippen molar-refractivity contribution in [3.8, 4) is 0 Å². The minimum absolute atomic E-state index is 0.0822. The monoisotopic (exact) mass is 1120 g/mol. The van der Waals surface area contributed by atoms with E-state index in [9.17, 15) is 14.4 Å². The number of ether oxygens (including phenoxy) is 3. The summed E-state index contributed by atoms with van der Waals surface area (Å²) in [5.41, 5.74) is 0. The third-order valence-corrected chi connectivity index (χ3v) is 14.8. The van der Waals surface area contributed by atoms with E-state index < -0.39 is 6.10 Å². The summed E-state index contributed by atoms with van der Waals surface area (Å²) in [7, 11) is 0. The van der Waals surface area contributed by atoms with Gasteiger partial charge in [0.25, 0.3) is 0 Å². The molecule has 6 nitrogen and oxygen atoms in total. The topological polar surface area (TPSA) is 78.9 Å². The van der Waals surface area contributed by atoms with E-state index in [-0.39, 0.29) is 31.1 Å². The van der Waals surface area contributed by atoms with Crippen LogP contribution in [-0.4, -0.2) is 37.2 Å². The molecule has 0 fully saturated rings. The van der Waals surface area contributed by atoms with Crippen molar-refractivity contribution in [3.05, 3.63) is 109 Å². The van der Waals surface area contributed by atoms with Crippen LogP contribution in [0.1, 0.15) is 329 Å². The van der Waals surface area contributed by atoms with Gasteiger partial charge in [0.2, 0.25) is 0 Å². The van der Waals surface area contributed by atoms with Gasteiger partial charge >= 0.3 is 17.9 Å². The predicted molar refractivity (Wildman–Crippen MR) is 353 cm³/mol. The van der Waals surface area contributed by atoms with Crippen LogP contribution in [0.25, 0.3) is 0 Å². The largest absolute Gasteiger partial charge is 0.462 e. The average molecular weight is 1130 g/mol. The molecule has 0 spiro atoms. The van der Waals surface area contributed by atoms with Crippen LogP contribution in [0.15, 0.2) is 109 Å². The summed E-state index contributed by atoms with van der Waals surface area (Å²) < 4.78 is 17.0. The molecular weight excluding hydrogens is 997 g/mol. The Balaban J connectivity index is 4.32. The lowest BCUT2D eigenvalue weighted by Gasteiger charge is -2.18. The maximum atomic E-state index is 12.9. The van der Waals surface area contributed by atoms with Crippen LogP contribution >= 0.6 is 0 Å². The molecule has 0 N–H and O–H groups in total. The van der Waals surface area contributed by atoms with Crippen molar-refractivity contribution in [3.63, 3.8) is 0 Å². The molecule has 1 unspecified atom stereocenters. The number of hydrogen-bond donors (Lipinski definition) is 0. The van der Waals surface area contributed by atoms with Gasteiger partial charge in [0.1, 0.15) is 13.2 Å². The Bertz CT molecular complexity index is 1620. The first-order valence-electron chi connectivity index (χ1n) is 34.4. The van der Waals surface area contributed by atoms with Crippen LogP contribution in [0.5, 0.6) is 0 Å². The lowest BCUT2D eigenvalue weighted by molar-refractivity contribution is -0.167. The van der Waals surface area contributed by atoms with Crippen LogP contribution in [0, 0.1) is 0 Å². The van der Waals surface area contributed by atoms with E-state index in [0.29, 0.717) is 19.3 Å². The highest BCUT2D eigenvalue weighted by atomic mass is 16.6. The lowest BCUT2D eigenvalue weighted by Crippen LogP contribution is -2.30. The Morgan fingerprint density at radius 2 is 0.481 bits per heavy atom. The second kappa shape index (κ2) is 68.6. The first kappa shape index (κ1) is 77.1. The molecule has 0 aromatic carbocycles. The predicted octanol–water partition coefficient (Wildman–Crippen LogP) is 23.8. The molecule has 0 aromatic rings. The molecule has 6 heteroatoms. The Morgan fingerprint density at radius 1 is 0.259 bits per heavy atom. The van der Waals surface area contributed by atoms with Crippen LogP contribution in [-0.2, 0) is 28.6 Å². The van der Waals surface area contributed by atoms with Crippen LogP contribution < -0.4 is 0 Å². The summed E-state index contributed by atoms with van der Waals surface area (Å²) in [5, 5.41) is 0. The number of esters is 3. The van der Waals surface area contributed by atoms with Gasteiger partial charge in [-0.1, -0.05) is 310 Å². The number of allylic oxidation sites excluding steroid dienone is 18. The average Bonchev–Trinajstić information content (AvgIpc) is 3.46. The van der Waals surface area contributed by atoms with E-state index in [4.69, 9.17) is 14.2 Å². The van der Waals surface area contributed by atoms with Gasteiger partial charge in [-0.05, 0) is 109 Å². The highest BCUT2D eigenvalue weighted by molar-refractivity contribution is 5.71. The molecule has 0 aliphatic carbocycles. The Labute approximate surface area is 501 Å². The highest BCUT2D eigenvalue weighted by Crippen LogP contribution is 2.16. The Kier molecular flexibility index (Phi) is 65.2. The van der Waals surface area contributed by atoms with Crippen molar-refractivity contribution < 1.29 is 28.6 Å². The van der Waals surface area contributed by atoms with Gasteiger partial charge < -0.3 is 14.2 Å². The zero-order valence-electron chi connectivity index (χ0n) is 53.3. The lowest BCUT2D eigenvalue weighted by atomic mass is 10.0. The van der Waals surface area contributed by atoms with E-state index in [1.54, 1.807) is 0 Å². The third-order valence-electron chi connectivity index (χ3n) is 14.8. The SMILES string of the molecule is CC/C=C\C/C=C\C/C=C\C/C=C\C/C=C\C/C=C\CCCCCCCCCCCCC(=O)OCC(COC(=O)CCCCCCCCCCCCCCC)OC(=O)CCCCCCCC/C=C\C/C=C\C/C=C\CCCCCCC. The zero-order chi connectivity index (χ0) is 58.5. The van der Waals surface area contributed by atoms with Gasteiger partial charge in [0.15, 0.2) is 6.10 Å². The Morgan fingerprint density at radius 3 is 0.753 bits per heavy atom. The first-order chi connectivity index (χ1) is 40.0. The normalized spacial score (nSPS) is 12.8. The first-order valence-corrected chi connectivity index (χ1v) is 34.4. The van der Waals surface area contributed by atoms with Crippen LogP contribution in [0.4, 0.5) is 0 Å². The third kappa shape index (κ3) is 66.8. The molecule has 0 radical (unpaired) electrons. The summed E-state index contributed by atoms with van der Waals surface area (Å²) in [6.07, 6.45) is 93.8. The van der Waals surface area contributed by atoms with Crippen molar-refractivity contribution in [1.82, 2.24) is 0 Å². The molecule has 0 saturated heterocycles. The molecule has 0 aromatic heterocycles. The molecule has 0 saturated carbocycles. The number of rotatable bonds is 62. The molecule has 0 amide bonds. The number of carbonyl (C=O) groups is 3. The van der Waals surface area contributed by atoms with Crippen molar-refractivity contribution in [2.75, 3.05) is 13.2 Å². The van der Waals surface area contributed by atoms with E-state index in [1.165, 1.54) is 167 Å². The van der Waals surface area contributed by atoms with E-state index in [0.717, 1.165) is 122 Å². The van der Waals surface area contributed by atoms with Crippen LogP contribution in [0.2, 0.25) is 0 Å². The maximum absolute atomic E-state index is 12.9. The van der Waals surface area contributed by atoms with Gasteiger partial charge in [-0.3, -0.25) is 14.4 Å². The smallest absolute Gasteiger partial charge is 0.306 e. The fourth-order valence-electron chi connectivity index (χ4n) is 9.63. The summed E-state index contributed by atoms with van der Waals surface area (Å²) in [4.78, 5) is 38.4. The molecule has 0 aliphatic rings. The Hall–Kier alpha value is -3.93. The second-order valence-corrected chi connectivity index (χ2v) is 22.7. The fourth-order valence-corrected chi connectivity index (χ4v) is 9.63. The minimum atomic E-state index is -0.788.